The Bertz CT molecular complexity index is 140. The maximum atomic E-state index is 2.68. The molecule has 0 aliphatic rings. The average Bonchev–Trinajstić information content (AvgIpc) is 2.40. The zero-order valence-electron chi connectivity index (χ0n) is 13.5. The molecule has 0 aromatic carbocycles. The smallest absolute Gasteiger partial charge is 0.00950 e. The highest BCUT2D eigenvalue weighted by atomic mass is 15.1. The van der Waals surface area contributed by atoms with Crippen molar-refractivity contribution < 1.29 is 0 Å². The van der Waals surface area contributed by atoms with Gasteiger partial charge in [-0.05, 0) is 25.9 Å². The molecule has 0 aliphatic carbocycles. The van der Waals surface area contributed by atoms with Gasteiger partial charge in [-0.2, -0.15) is 0 Å². The lowest BCUT2D eigenvalue weighted by Crippen LogP contribution is -2.35. The Kier molecular flexibility index (Phi) is 13.4. The first kappa shape index (κ1) is 18.0. The SMILES string of the molecule is CCCCCCC(CCCCCC)N(CC)CC. The summed E-state index contributed by atoms with van der Waals surface area (Å²) >= 11 is 0. The second-order valence-electron chi connectivity index (χ2n) is 5.57. The van der Waals surface area contributed by atoms with E-state index in [4.69, 9.17) is 0 Å². The predicted octanol–water partition coefficient (Wildman–Crippen LogP) is 5.64. The summed E-state index contributed by atoms with van der Waals surface area (Å²) < 4.78 is 0. The van der Waals surface area contributed by atoms with Gasteiger partial charge >= 0.3 is 0 Å². The van der Waals surface area contributed by atoms with E-state index in [2.05, 4.69) is 32.6 Å². The molecule has 0 amide bonds. The van der Waals surface area contributed by atoms with Crippen molar-refractivity contribution in [2.45, 2.75) is 97.9 Å². The highest BCUT2D eigenvalue weighted by Crippen LogP contribution is 2.17. The van der Waals surface area contributed by atoms with Crippen LogP contribution in [-0.4, -0.2) is 24.0 Å². The van der Waals surface area contributed by atoms with Crippen LogP contribution in [0.4, 0.5) is 0 Å². The van der Waals surface area contributed by atoms with Gasteiger partial charge in [0.15, 0.2) is 0 Å². The zero-order valence-corrected chi connectivity index (χ0v) is 13.5. The van der Waals surface area contributed by atoms with Gasteiger partial charge in [0.05, 0.1) is 0 Å². The van der Waals surface area contributed by atoms with Gasteiger partial charge in [0.2, 0.25) is 0 Å². The summed E-state index contributed by atoms with van der Waals surface area (Å²) in [5.74, 6) is 0. The predicted molar refractivity (Wildman–Crippen MR) is 84.2 cm³/mol. The highest BCUT2D eigenvalue weighted by Gasteiger charge is 2.14. The summed E-state index contributed by atoms with van der Waals surface area (Å²) in [6.45, 7) is 11.7. The van der Waals surface area contributed by atoms with E-state index in [9.17, 15) is 0 Å². The molecule has 1 heteroatoms. The van der Waals surface area contributed by atoms with Crippen LogP contribution < -0.4 is 0 Å². The van der Waals surface area contributed by atoms with Gasteiger partial charge in [-0.3, -0.25) is 0 Å². The fourth-order valence-corrected chi connectivity index (χ4v) is 2.86. The average molecular weight is 255 g/mol. The molecule has 0 bridgehead atoms. The first-order valence-corrected chi connectivity index (χ1v) is 8.54. The minimum Gasteiger partial charge on any atom is -0.301 e. The van der Waals surface area contributed by atoms with Gasteiger partial charge in [-0.1, -0.05) is 79.1 Å². The molecule has 0 fully saturated rings. The summed E-state index contributed by atoms with van der Waals surface area (Å²) in [6.07, 6.45) is 14.1. The van der Waals surface area contributed by atoms with Crippen LogP contribution in [0.5, 0.6) is 0 Å². The van der Waals surface area contributed by atoms with Gasteiger partial charge in [0, 0.05) is 6.04 Å². The molecule has 0 radical (unpaired) electrons. The fourth-order valence-electron chi connectivity index (χ4n) is 2.86. The molecule has 0 aromatic heterocycles. The maximum absolute atomic E-state index is 2.68. The number of hydrogen-bond acceptors (Lipinski definition) is 1. The van der Waals surface area contributed by atoms with Gasteiger partial charge in [0.25, 0.3) is 0 Å². The molecule has 110 valence electrons. The van der Waals surface area contributed by atoms with Crippen LogP contribution >= 0.6 is 0 Å². The minimum atomic E-state index is 0.855. The molecular weight excluding hydrogens is 218 g/mol. The van der Waals surface area contributed by atoms with Crippen molar-refractivity contribution in [1.82, 2.24) is 4.90 Å². The largest absolute Gasteiger partial charge is 0.301 e. The molecule has 0 aromatic rings. The molecule has 0 N–H and O–H groups in total. The van der Waals surface area contributed by atoms with Crippen LogP contribution in [0.3, 0.4) is 0 Å². The first-order chi connectivity index (χ1) is 8.79. The van der Waals surface area contributed by atoms with E-state index in [0.717, 1.165) is 6.04 Å². The third-order valence-electron chi connectivity index (χ3n) is 4.11. The fraction of sp³-hybridized carbons (Fsp3) is 1.00. The zero-order chi connectivity index (χ0) is 13.6. The van der Waals surface area contributed by atoms with E-state index >= 15 is 0 Å². The Morgan fingerprint density at radius 3 is 1.39 bits per heavy atom. The molecule has 0 saturated carbocycles. The monoisotopic (exact) mass is 255 g/mol. The van der Waals surface area contributed by atoms with Gasteiger partial charge in [-0.15, -0.1) is 0 Å². The van der Waals surface area contributed by atoms with Crippen molar-refractivity contribution in [3.8, 4) is 0 Å². The normalized spacial score (nSPS) is 11.7. The third kappa shape index (κ3) is 8.97. The van der Waals surface area contributed by atoms with E-state index in [1.54, 1.807) is 0 Å². The second kappa shape index (κ2) is 13.4. The van der Waals surface area contributed by atoms with E-state index in [-0.39, 0.29) is 0 Å². The Morgan fingerprint density at radius 1 is 0.611 bits per heavy atom. The Labute approximate surface area is 116 Å². The molecule has 0 atom stereocenters. The lowest BCUT2D eigenvalue weighted by Gasteiger charge is -2.30. The van der Waals surface area contributed by atoms with E-state index in [1.807, 2.05) is 0 Å². The number of hydrogen-bond donors (Lipinski definition) is 0. The minimum absolute atomic E-state index is 0.855. The summed E-state index contributed by atoms with van der Waals surface area (Å²) in [5, 5.41) is 0. The van der Waals surface area contributed by atoms with Crippen molar-refractivity contribution >= 4 is 0 Å². The Hall–Kier alpha value is -0.0400. The van der Waals surface area contributed by atoms with Crippen molar-refractivity contribution in [3.63, 3.8) is 0 Å². The molecule has 1 nitrogen and oxygen atoms in total. The lowest BCUT2D eigenvalue weighted by atomic mass is 9.99. The standard InChI is InChI=1S/C17H37N/c1-5-9-11-13-15-17(18(7-3)8-4)16-14-12-10-6-2/h17H,5-16H2,1-4H3. The van der Waals surface area contributed by atoms with E-state index < -0.39 is 0 Å². The molecule has 0 rings (SSSR count). The van der Waals surface area contributed by atoms with Crippen LogP contribution in [0.2, 0.25) is 0 Å². The summed E-state index contributed by atoms with van der Waals surface area (Å²) in [6, 6.07) is 0.855. The number of unbranched alkanes of at least 4 members (excludes halogenated alkanes) is 6. The summed E-state index contributed by atoms with van der Waals surface area (Å²) in [4.78, 5) is 2.68. The maximum Gasteiger partial charge on any atom is 0.00950 e. The molecule has 18 heavy (non-hydrogen) atoms. The topological polar surface area (TPSA) is 3.24 Å². The van der Waals surface area contributed by atoms with Crippen LogP contribution in [0.25, 0.3) is 0 Å². The molecular formula is C17H37N. The Morgan fingerprint density at radius 2 is 1.06 bits per heavy atom. The van der Waals surface area contributed by atoms with Crippen molar-refractivity contribution in [1.29, 1.82) is 0 Å². The quantitative estimate of drug-likeness (QED) is 0.385. The van der Waals surface area contributed by atoms with E-state index in [0.29, 0.717) is 0 Å². The number of nitrogens with zero attached hydrogens (tertiary/aromatic N) is 1. The van der Waals surface area contributed by atoms with Crippen molar-refractivity contribution in [3.05, 3.63) is 0 Å². The van der Waals surface area contributed by atoms with Crippen LogP contribution in [0.15, 0.2) is 0 Å². The third-order valence-corrected chi connectivity index (χ3v) is 4.11. The molecule has 0 saturated heterocycles. The summed E-state index contributed by atoms with van der Waals surface area (Å²) in [7, 11) is 0. The van der Waals surface area contributed by atoms with Gasteiger partial charge in [0.1, 0.15) is 0 Å². The Balaban J connectivity index is 3.91. The molecule has 0 spiro atoms. The first-order valence-electron chi connectivity index (χ1n) is 8.54. The highest BCUT2D eigenvalue weighted by molar-refractivity contribution is 4.70. The van der Waals surface area contributed by atoms with Crippen LogP contribution in [0.1, 0.15) is 91.9 Å². The molecule has 0 aliphatic heterocycles. The molecule has 0 unspecified atom stereocenters. The summed E-state index contributed by atoms with van der Waals surface area (Å²) in [5.41, 5.74) is 0. The van der Waals surface area contributed by atoms with Crippen LogP contribution in [-0.2, 0) is 0 Å². The van der Waals surface area contributed by atoms with E-state index in [1.165, 1.54) is 77.3 Å². The van der Waals surface area contributed by atoms with Gasteiger partial charge < -0.3 is 4.90 Å². The van der Waals surface area contributed by atoms with Crippen molar-refractivity contribution in [2.24, 2.45) is 0 Å². The van der Waals surface area contributed by atoms with Crippen LogP contribution in [0, 0.1) is 0 Å². The lowest BCUT2D eigenvalue weighted by molar-refractivity contribution is 0.188. The number of rotatable bonds is 13. The second-order valence-corrected chi connectivity index (χ2v) is 5.57. The van der Waals surface area contributed by atoms with Gasteiger partial charge in [-0.25, -0.2) is 0 Å². The molecule has 0 heterocycles. The van der Waals surface area contributed by atoms with Crippen molar-refractivity contribution in [2.75, 3.05) is 13.1 Å².